The normalized spacial score (nSPS) is 12.0. The number of nitrogens with one attached hydrogen (secondary N) is 1. The van der Waals surface area contributed by atoms with E-state index in [4.69, 9.17) is 9.52 Å². The fourth-order valence-electron chi connectivity index (χ4n) is 2.20. The van der Waals surface area contributed by atoms with Crippen LogP contribution < -0.4 is 4.72 Å². The van der Waals surface area contributed by atoms with Crippen molar-refractivity contribution in [1.82, 2.24) is 14.5 Å². The number of aromatic nitrogens is 2. The molecule has 2 aromatic heterocycles. The molecule has 8 heteroatoms. The van der Waals surface area contributed by atoms with Crippen LogP contribution in [0.15, 0.2) is 21.4 Å². The number of nitrogens with zero attached hydrogens (tertiary/aromatic N) is 2. The smallest absolute Gasteiger partial charge is 0.244 e. The first-order chi connectivity index (χ1) is 9.85. The average molecular weight is 313 g/mol. The maximum atomic E-state index is 12.4. The van der Waals surface area contributed by atoms with Gasteiger partial charge < -0.3 is 9.52 Å². The van der Waals surface area contributed by atoms with Gasteiger partial charge in [-0.1, -0.05) is 0 Å². The molecule has 0 aliphatic carbocycles. The molecule has 0 atom stereocenters. The van der Waals surface area contributed by atoms with Gasteiger partial charge in [0.25, 0.3) is 0 Å². The molecule has 0 fully saturated rings. The number of sulfonamides is 1. The molecule has 2 heterocycles. The third-order valence-corrected chi connectivity index (χ3v) is 4.78. The topological polar surface area (TPSA) is 97.4 Å². The minimum atomic E-state index is -3.68. The van der Waals surface area contributed by atoms with Gasteiger partial charge in [-0.05, 0) is 32.9 Å². The number of aliphatic hydroxyl groups excluding tert-OH is 1. The van der Waals surface area contributed by atoms with Gasteiger partial charge in [0.1, 0.15) is 16.4 Å². The Kier molecular flexibility index (Phi) is 4.50. The summed E-state index contributed by atoms with van der Waals surface area (Å²) in [6, 6.07) is 3.51. The summed E-state index contributed by atoms with van der Waals surface area (Å²) in [6.45, 7) is 5.35. The molecular formula is C13H19N3O4S. The fraction of sp³-hybridized carbons (Fsp3) is 0.462. The molecule has 0 radical (unpaired) electrons. The molecule has 2 N–H and O–H groups in total. The second kappa shape index (κ2) is 6.00. The maximum absolute atomic E-state index is 12.4. The van der Waals surface area contributed by atoms with Gasteiger partial charge >= 0.3 is 0 Å². The molecule has 0 spiro atoms. The highest BCUT2D eigenvalue weighted by Crippen LogP contribution is 2.19. The van der Waals surface area contributed by atoms with E-state index >= 15 is 0 Å². The summed E-state index contributed by atoms with van der Waals surface area (Å²) in [7, 11) is -3.68. The average Bonchev–Trinajstić information content (AvgIpc) is 2.93. The van der Waals surface area contributed by atoms with Gasteiger partial charge in [-0.25, -0.2) is 13.1 Å². The van der Waals surface area contributed by atoms with Crippen LogP contribution in [0.4, 0.5) is 0 Å². The summed E-state index contributed by atoms with van der Waals surface area (Å²) in [5.41, 5.74) is 0.911. The molecule has 0 amide bonds. The number of furan rings is 1. The zero-order valence-electron chi connectivity index (χ0n) is 12.3. The van der Waals surface area contributed by atoms with Gasteiger partial charge in [0.15, 0.2) is 0 Å². The molecule has 0 unspecified atom stereocenters. The van der Waals surface area contributed by atoms with Crippen molar-refractivity contribution in [1.29, 1.82) is 0 Å². The van der Waals surface area contributed by atoms with Crippen LogP contribution in [0.2, 0.25) is 0 Å². The molecule has 2 aromatic rings. The SMILES string of the molecule is Cc1ccc(CNS(=O)(=O)c2c(C)nn(CCO)c2C)o1. The molecule has 0 saturated carbocycles. The Bertz CT molecular complexity index is 731. The van der Waals surface area contributed by atoms with E-state index in [2.05, 4.69) is 9.82 Å². The molecule has 7 nitrogen and oxygen atoms in total. The lowest BCUT2D eigenvalue weighted by molar-refractivity contribution is 0.267. The van der Waals surface area contributed by atoms with E-state index in [0.717, 1.165) is 5.76 Å². The van der Waals surface area contributed by atoms with E-state index in [1.54, 1.807) is 32.9 Å². The number of hydrogen-bond donors (Lipinski definition) is 2. The first kappa shape index (κ1) is 15.7. The molecule has 2 rings (SSSR count). The van der Waals surface area contributed by atoms with Crippen LogP contribution in [-0.4, -0.2) is 29.9 Å². The van der Waals surface area contributed by atoms with Gasteiger partial charge in [-0.15, -0.1) is 0 Å². The van der Waals surface area contributed by atoms with E-state index in [9.17, 15) is 8.42 Å². The second-order valence-electron chi connectivity index (χ2n) is 4.78. The molecule has 0 aliphatic rings. The summed E-state index contributed by atoms with van der Waals surface area (Å²) < 4.78 is 34.1. The summed E-state index contributed by atoms with van der Waals surface area (Å²) in [4.78, 5) is 0.152. The third kappa shape index (κ3) is 3.34. The minimum absolute atomic E-state index is 0.0836. The first-order valence-electron chi connectivity index (χ1n) is 6.55. The standard InChI is InChI=1S/C13H19N3O4S/c1-9-4-5-12(20-9)8-14-21(18,19)13-10(2)15-16(6-7-17)11(13)3/h4-5,14,17H,6-8H2,1-3H3. The second-order valence-corrected chi connectivity index (χ2v) is 6.49. The van der Waals surface area contributed by atoms with Crippen LogP contribution in [0.25, 0.3) is 0 Å². The van der Waals surface area contributed by atoms with E-state index < -0.39 is 10.0 Å². The van der Waals surface area contributed by atoms with Crippen molar-refractivity contribution >= 4 is 10.0 Å². The van der Waals surface area contributed by atoms with Crippen LogP contribution in [-0.2, 0) is 23.1 Å². The molecule has 0 aliphatic heterocycles. The number of aryl methyl sites for hydroxylation is 2. The maximum Gasteiger partial charge on any atom is 0.244 e. The number of hydrogen-bond acceptors (Lipinski definition) is 5. The number of rotatable bonds is 6. The summed E-state index contributed by atoms with van der Waals surface area (Å²) in [6.07, 6.45) is 0. The quantitative estimate of drug-likeness (QED) is 0.825. The highest BCUT2D eigenvalue weighted by molar-refractivity contribution is 7.89. The fourth-order valence-corrected chi connectivity index (χ4v) is 3.60. The first-order valence-corrected chi connectivity index (χ1v) is 8.03. The van der Waals surface area contributed by atoms with Gasteiger partial charge in [0.05, 0.1) is 31.1 Å². The van der Waals surface area contributed by atoms with Gasteiger partial charge in [-0.2, -0.15) is 5.10 Å². The van der Waals surface area contributed by atoms with Crippen molar-refractivity contribution in [2.75, 3.05) is 6.61 Å². The molecular weight excluding hydrogens is 294 g/mol. The van der Waals surface area contributed by atoms with E-state index in [1.807, 2.05) is 0 Å². The summed E-state index contributed by atoms with van der Waals surface area (Å²) >= 11 is 0. The zero-order chi connectivity index (χ0) is 15.6. The lowest BCUT2D eigenvalue weighted by atomic mass is 10.4. The highest BCUT2D eigenvalue weighted by atomic mass is 32.2. The van der Waals surface area contributed by atoms with Crippen LogP contribution >= 0.6 is 0 Å². The van der Waals surface area contributed by atoms with Crippen molar-refractivity contribution in [3.05, 3.63) is 35.0 Å². The summed E-state index contributed by atoms with van der Waals surface area (Å²) in [5.74, 6) is 1.28. The van der Waals surface area contributed by atoms with Crippen molar-refractivity contribution in [3.63, 3.8) is 0 Å². The van der Waals surface area contributed by atoms with Gasteiger partial charge in [-0.3, -0.25) is 4.68 Å². The van der Waals surface area contributed by atoms with Crippen LogP contribution in [0.1, 0.15) is 22.9 Å². The van der Waals surface area contributed by atoms with Crippen LogP contribution in [0, 0.1) is 20.8 Å². The molecule has 0 bridgehead atoms. The Morgan fingerprint density at radius 2 is 2.05 bits per heavy atom. The van der Waals surface area contributed by atoms with E-state index in [-0.39, 0.29) is 24.6 Å². The molecule has 116 valence electrons. The van der Waals surface area contributed by atoms with Crippen molar-refractivity contribution in [3.8, 4) is 0 Å². The van der Waals surface area contributed by atoms with Crippen LogP contribution in [0.3, 0.4) is 0 Å². The Morgan fingerprint density at radius 3 is 2.62 bits per heavy atom. The van der Waals surface area contributed by atoms with Gasteiger partial charge in [0.2, 0.25) is 10.0 Å². The Morgan fingerprint density at radius 1 is 1.33 bits per heavy atom. The highest BCUT2D eigenvalue weighted by Gasteiger charge is 2.24. The molecule has 0 aromatic carbocycles. The molecule has 0 saturated heterocycles. The zero-order valence-corrected chi connectivity index (χ0v) is 13.1. The lowest BCUT2D eigenvalue weighted by Crippen LogP contribution is -2.24. The van der Waals surface area contributed by atoms with Crippen molar-refractivity contribution in [2.45, 2.75) is 38.8 Å². The van der Waals surface area contributed by atoms with Gasteiger partial charge in [0, 0.05) is 0 Å². The monoisotopic (exact) mass is 313 g/mol. The van der Waals surface area contributed by atoms with E-state index in [1.165, 1.54) is 4.68 Å². The third-order valence-electron chi connectivity index (χ3n) is 3.13. The Balaban J connectivity index is 2.23. The predicted octanol–water partition coefficient (Wildman–Crippen LogP) is 0.872. The summed E-state index contributed by atoms with van der Waals surface area (Å²) in [5, 5.41) is 13.1. The van der Waals surface area contributed by atoms with E-state index in [0.29, 0.717) is 17.1 Å². The van der Waals surface area contributed by atoms with Crippen molar-refractivity contribution in [2.24, 2.45) is 0 Å². The lowest BCUT2D eigenvalue weighted by Gasteiger charge is -2.06. The molecule has 21 heavy (non-hydrogen) atoms. The Labute approximate surface area is 123 Å². The predicted molar refractivity (Wildman–Crippen MR) is 76.3 cm³/mol. The number of aliphatic hydroxyl groups is 1. The largest absolute Gasteiger partial charge is 0.465 e. The minimum Gasteiger partial charge on any atom is -0.465 e. The van der Waals surface area contributed by atoms with Crippen molar-refractivity contribution < 1.29 is 17.9 Å². The van der Waals surface area contributed by atoms with Crippen LogP contribution in [0.5, 0.6) is 0 Å². The Hall–Kier alpha value is -1.64.